The van der Waals surface area contributed by atoms with Crippen LogP contribution in [0.1, 0.15) is 43.2 Å². The van der Waals surface area contributed by atoms with Crippen LogP contribution >= 0.6 is 0 Å². The molecule has 0 saturated carbocycles. The number of amides is 2. The predicted molar refractivity (Wildman–Crippen MR) is 125 cm³/mol. The van der Waals surface area contributed by atoms with E-state index in [-0.39, 0.29) is 30.8 Å². The molecule has 180 valence electrons. The number of carboxylic acids is 1. The molecular formula is C26H30N2O6. The average molecular weight is 467 g/mol. The number of carbonyl (C=O) groups excluding carboxylic acids is 2. The molecule has 1 heterocycles. The van der Waals surface area contributed by atoms with E-state index < -0.39 is 24.2 Å². The number of nitrogens with one attached hydrogen (secondary N) is 2. The molecule has 34 heavy (non-hydrogen) atoms. The van der Waals surface area contributed by atoms with Crippen molar-refractivity contribution < 1.29 is 29.0 Å². The minimum Gasteiger partial charge on any atom is -0.479 e. The largest absolute Gasteiger partial charge is 0.479 e. The zero-order valence-electron chi connectivity index (χ0n) is 19.2. The molecule has 4 rings (SSSR count). The van der Waals surface area contributed by atoms with Gasteiger partial charge < -0.3 is 25.2 Å². The van der Waals surface area contributed by atoms with E-state index in [1.807, 2.05) is 31.2 Å². The normalized spacial score (nSPS) is 19.7. The van der Waals surface area contributed by atoms with Gasteiger partial charge in [0.1, 0.15) is 6.61 Å². The average Bonchev–Trinajstić information content (AvgIpc) is 3.43. The summed E-state index contributed by atoms with van der Waals surface area (Å²) >= 11 is 0. The summed E-state index contributed by atoms with van der Waals surface area (Å²) in [5.41, 5.74) is 4.63. The summed E-state index contributed by atoms with van der Waals surface area (Å²) < 4.78 is 10.7. The number of hydrogen-bond acceptors (Lipinski definition) is 5. The van der Waals surface area contributed by atoms with E-state index in [0.29, 0.717) is 26.0 Å². The topological polar surface area (TPSA) is 114 Å². The molecule has 0 bridgehead atoms. The second kappa shape index (κ2) is 10.7. The summed E-state index contributed by atoms with van der Waals surface area (Å²) in [7, 11) is 0. The molecule has 1 aliphatic carbocycles. The molecule has 2 aromatic carbocycles. The Bertz CT molecular complexity index is 1010. The third kappa shape index (κ3) is 5.22. The first-order valence-electron chi connectivity index (χ1n) is 11.7. The van der Waals surface area contributed by atoms with Crippen LogP contribution in [-0.4, -0.2) is 55.0 Å². The lowest BCUT2D eigenvalue weighted by molar-refractivity contribution is -0.148. The van der Waals surface area contributed by atoms with Crippen LogP contribution < -0.4 is 10.6 Å². The number of benzene rings is 2. The predicted octanol–water partition coefficient (Wildman–Crippen LogP) is 3.30. The maximum atomic E-state index is 12.4. The molecule has 0 radical (unpaired) electrons. The van der Waals surface area contributed by atoms with Gasteiger partial charge in [-0.2, -0.15) is 0 Å². The van der Waals surface area contributed by atoms with E-state index in [1.54, 1.807) is 0 Å². The number of fused-ring (bicyclic) bond motifs is 3. The summed E-state index contributed by atoms with van der Waals surface area (Å²) in [6.07, 6.45) is -0.194. The number of rotatable bonds is 9. The number of carbonyl (C=O) groups is 3. The summed E-state index contributed by atoms with van der Waals surface area (Å²) in [6.45, 7) is 2.78. The van der Waals surface area contributed by atoms with Crippen LogP contribution in [0.2, 0.25) is 0 Å². The first-order chi connectivity index (χ1) is 16.5. The SMILES string of the molecule is CCC(CNC(=O)OCC1c2ccccc2-c2ccccc21)CC(=O)N[C@H]1CCO[C@H]1C(=O)O. The number of carboxylic acid groups (broad SMARTS) is 1. The summed E-state index contributed by atoms with van der Waals surface area (Å²) in [5.74, 6) is -1.43. The number of aliphatic carboxylic acids is 1. The lowest BCUT2D eigenvalue weighted by atomic mass is 9.98. The van der Waals surface area contributed by atoms with Crippen LogP contribution in [0, 0.1) is 5.92 Å². The summed E-state index contributed by atoms with van der Waals surface area (Å²) in [6, 6.07) is 15.8. The highest BCUT2D eigenvalue weighted by molar-refractivity contribution is 5.80. The van der Waals surface area contributed by atoms with Crippen LogP contribution in [0.4, 0.5) is 4.79 Å². The highest BCUT2D eigenvalue weighted by Gasteiger charge is 2.35. The van der Waals surface area contributed by atoms with E-state index in [9.17, 15) is 14.4 Å². The molecule has 3 N–H and O–H groups in total. The Labute approximate surface area is 198 Å². The molecule has 0 spiro atoms. The van der Waals surface area contributed by atoms with Gasteiger partial charge in [-0.1, -0.05) is 61.9 Å². The zero-order chi connectivity index (χ0) is 24.1. The minimum atomic E-state index is -1.08. The van der Waals surface area contributed by atoms with Gasteiger partial charge in [-0.05, 0) is 34.6 Å². The molecule has 2 aliphatic rings. The van der Waals surface area contributed by atoms with Gasteiger partial charge in [0.2, 0.25) is 5.91 Å². The Kier molecular flexibility index (Phi) is 7.47. The fourth-order valence-electron chi connectivity index (χ4n) is 4.75. The van der Waals surface area contributed by atoms with E-state index in [2.05, 4.69) is 34.9 Å². The Morgan fingerprint density at radius 2 is 1.74 bits per heavy atom. The fourth-order valence-corrected chi connectivity index (χ4v) is 4.75. The molecule has 8 heteroatoms. The van der Waals surface area contributed by atoms with E-state index in [1.165, 1.54) is 11.1 Å². The summed E-state index contributed by atoms with van der Waals surface area (Å²) in [5, 5.41) is 14.7. The van der Waals surface area contributed by atoms with Gasteiger partial charge in [-0.3, -0.25) is 4.79 Å². The van der Waals surface area contributed by atoms with Gasteiger partial charge in [-0.25, -0.2) is 9.59 Å². The molecular weight excluding hydrogens is 436 g/mol. The van der Waals surface area contributed by atoms with E-state index in [4.69, 9.17) is 14.6 Å². The molecule has 3 atom stereocenters. The molecule has 1 aliphatic heterocycles. The van der Waals surface area contributed by atoms with Crippen LogP contribution in [0.15, 0.2) is 48.5 Å². The summed E-state index contributed by atoms with van der Waals surface area (Å²) in [4.78, 5) is 36.0. The quantitative estimate of drug-likeness (QED) is 0.523. The van der Waals surface area contributed by atoms with Crippen molar-refractivity contribution in [1.82, 2.24) is 10.6 Å². The van der Waals surface area contributed by atoms with Crippen molar-refractivity contribution in [1.29, 1.82) is 0 Å². The molecule has 2 amide bonds. The van der Waals surface area contributed by atoms with E-state index in [0.717, 1.165) is 11.1 Å². The highest BCUT2D eigenvalue weighted by atomic mass is 16.5. The molecule has 0 aromatic heterocycles. The van der Waals surface area contributed by atoms with Crippen molar-refractivity contribution in [3.8, 4) is 11.1 Å². The van der Waals surface area contributed by atoms with Crippen molar-refractivity contribution in [2.75, 3.05) is 19.8 Å². The second-order valence-corrected chi connectivity index (χ2v) is 8.78. The first kappa shape index (κ1) is 23.8. The fraction of sp³-hybridized carbons (Fsp3) is 0.423. The lowest BCUT2D eigenvalue weighted by Crippen LogP contribution is -2.45. The minimum absolute atomic E-state index is 0.0123. The Hall–Kier alpha value is -3.39. The monoisotopic (exact) mass is 466 g/mol. The molecule has 1 unspecified atom stereocenters. The Morgan fingerprint density at radius 1 is 1.09 bits per heavy atom. The highest BCUT2D eigenvalue weighted by Crippen LogP contribution is 2.44. The second-order valence-electron chi connectivity index (χ2n) is 8.78. The number of alkyl carbamates (subject to hydrolysis) is 1. The standard InChI is InChI=1S/C26H30N2O6/c1-2-16(13-23(29)28-22-11-12-33-24(22)25(30)31)14-27-26(32)34-15-21-19-9-5-3-7-17(19)18-8-4-6-10-20(18)21/h3-10,16,21-22,24H,2,11-15H2,1H3,(H,27,32)(H,28,29)(H,30,31)/t16?,22-,24+/m0/s1. The van der Waals surface area contributed by atoms with Crippen LogP contribution in [0.3, 0.4) is 0 Å². The molecule has 1 saturated heterocycles. The molecule has 1 fully saturated rings. The maximum Gasteiger partial charge on any atom is 0.407 e. The number of ether oxygens (including phenoxy) is 2. The van der Waals surface area contributed by atoms with Crippen molar-refractivity contribution in [2.45, 2.75) is 44.2 Å². The third-order valence-corrected chi connectivity index (χ3v) is 6.61. The lowest BCUT2D eigenvalue weighted by Gasteiger charge is -2.20. The van der Waals surface area contributed by atoms with Crippen LogP contribution in [0.5, 0.6) is 0 Å². The Morgan fingerprint density at radius 3 is 2.35 bits per heavy atom. The van der Waals surface area contributed by atoms with Crippen LogP contribution in [-0.2, 0) is 19.1 Å². The van der Waals surface area contributed by atoms with Crippen molar-refractivity contribution in [3.63, 3.8) is 0 Å². The van der Waals surface area contributed by atoms with E-state index >= 15 is 0 Å². The van der Waals surface area contributed by atoms with Gasteiger partial charge in [0.25, 0.3) is 0 Å². The zero-order valence-corrected chi connectivity index (χ0v) is 19.2. The van der Waals surface area contributed by atoms with Crippen molar-refractivity contribution in [3.05, 3.63) is 59.7 Å². The van der Waals surface area contributed by atoms with Gasteiger partial charge in [-0.15, -0.1) is 0 Å². The van der Waals surface area contributed by atoms with Crippen LogP contribution in [0.25, 0.3) is 11.1 Å². The molecule has 2 aromatic rings. The maximum absolute atomic E-state index is 12.4. The van der Waals surface area contributed by atoms with Gasteiger partial charge >= 0.3 is 12.1 Å². The van der Waals surface area contributed by atoms with Gasteiger partial charge in [0.05, 0.1) is 6.04 Å². The van der Waals surface area contributed by atoms with Gasteiger partial charge in [0.15, 0.2) is 6.10 Å². The van der Waals surface area contributed by atoms with Crippen molar-refractivity contribution >= 4 is 18.0 Å². The van der Waals surface area contributed by atoms with Crippen molar-refractivity contribution in [2.24, 2.45) is 5.92 Å². The third-order valence-electron chi connectivity index (χ3n) is 6.61. The first-order valence-corrected chi connectivity index (χ1v) is 11.7. The number of hydrogen-bond donors (Lipinski definition) is 3. The smallest absolute Gasteiger partial charge is 0.407 e. The molecule has 8 nitrogen and oxygen atoms in total. The van der Waals surface area contributed by atoms with Gasteiger partial charge in [0, 0.05) is 25.5 Å². The Balaban J connectivity index is 1.26.